The van der Waals surface area contributed by atoms with Crippen LogP contribution in [0, 0.1) is 11.3 Å². The molecule has 0 bridgehead atoms. The van der Waals surface area contributed by atoms with Gasteiger partial charge in [0.2, 0.25) is 0 Å². The molecule has 18 heavy (non-hydrogen) atoms. The fraction of sp³-hybridized carbons (Fsp3) is 1.00. The van der Waals surface area contributed by atoms with Crippen LogP contribution in [-0.4, -0.2) is 37.7 Å². The third-order valence-corrected chi connectivity index (χ3v) is 3.88. The first-order chi connectivity index (χ1) is 8.78. The summed E-state index contributed by atoms with van der Waals surface area (Å²) >= 11 is 0. The molecule has 1 saturated heterocycles. The lowest BCUT2D eigenvalue weighted by Gasteiger charge is -2.59. The number of rotatable bonds is 5. The Morgan fingerprint density at radius 2 is 1.61 bits per heavy atom. The highest BCUT2D eigenvalue weighted by atomic mass is 16.5. The van der Waals surface area contributed by atoms with Crippen LogP contribution < -0.4 is 0 Å². The molecule has 1 aliphatic heterocycles. The summed E-state index contributed by atoms with van der Waals surface area (Å²) in [6.45, 7) is 18.2. The third-order valence-electron chi connectivity index (χ3n) is 3.88. The Hall–Kier alpha value is -0.0800. The van der Waals surface area contributed by atoms with Crippen molar-refractivity contribution in [3.63, 3.8) is 0 Å². The van der Waals surface area contributed by atoms with Gasteiger partial charge in [-0.15, -0.1) is 0 Å². The first-order valence-corrected chi connectivity index (χ1v) is 8.08. The lowest BCUT2D eigenvalue weighted by Crippen LogP contribution is -2.61. The number of ether oxygens (including phenoxy) is 1. The summed E-state index contributed by atoms with van der Waals surface area (Å²) in [5, 5.41) is 0. The van der Waals surface area contributed by atoms with Gasteiger partial charge in [0.05, 0.1) is 0 Å². The molecule has 1 heterocycles. The van der Waals surface area contributed by atoms with E-state index in [1.807, 2.05) is 27.7 Å². The van der Waals surface area contributed by atoms with Crippen LogP contribution in [0.25, 0.3) is 0 Å². The van der Waals surface area contributed by atoms with Gasteiger partial charge in [0.25, 0.3) is 0 Å². The lowest BCUT2D eigenvalue weighted by atomic mass is 9.57. The number of hydrogen-bond acceptors (Lipinski definition) is 2. The Balaban J connectivity index is 0.000000659. The van der Waals surface area contributed by atoms with Crippen molar-refractivity contribution in [3.8, 4) is 0 Å². The van der Waals surface area contributed by atoms with E-state index in [4.69, 9.17) is 4.74 Å². The minimum Gasteiger partial charge on any atom is -0.382 e. The highest BCUT2D eigenvalue weighted by molar-refractivity contribution is 5.03. The summed E-state index contributed by atoms with van der Waals surface area (Å²) in [6, 6.07) is 0. The standard InChI is InChI=1S/C12H23NO.2C2H6/c1-3-13-9-12(10-13)7-11(8-12)5-6-14-4-2;2*1-2/h11H,3-10H2,1-2H3;2*1-2H3. The van der Waals surface area contributed by atoms with E-state index in [1.165, 1.54) is 38.9 Å². The molecule has 110 valence electrons. The average Bonchev–Trinajstić information content (AvgIpc) is 2.35. The van der Waals surface area contributed by atoms with E-state index in [0.29, 0.717) is 0 Å². The maximum absolute atomic E-state index is 5.39. The van der Waals surface area contributed by atoms with Crippen molar-refractivity contribution in [2.75, 3.05) is 32.8 Å². The second kappa shape index (κ2) is 9.80. The second-order valence-corrected chi connectivity index (χ2v) is 5.06. The zero-order valence-corrected chi connectivity index (χ0v) is 13.6. The summed E-state index contributed by atoms with van der Waals surface area (Å²) in [7, 11) is 0. The molecule has 0 aromatic rings. The molecule has 1 saturated carbocycles. The van der Waals surface area contributed by atoms with Crippen LogP contribution in [-0.2, 0) is 4.74 Å². The van der Waals surface area contributed by atoms with Crippen LogP contribution in [0.3, 0.4) is 0 Å². The first-order valence-electron chi connectivity index (χ1n) is 8.08. The number of likely N-dealkylation sites (tertiary alicyclic amines) is 1. The van der Waals surface area contributed by atoms with Gasteiger partial charge in [-0.2, -0.15) is 0 Å². The molecular weight excluding hydrogens is 222 g/mol. The summed E-state index contributed by atoms with van der Waals surface area (Å²) in [5.41, 5.74) is 0.757. The predicted molar refractivity (Wildman–Crippen MR) is 81.1 cm³/mol. The van der Waals surface area contributed by atoms with Crippen LogP contribution in [0.4, 0.5) is 0 Å². The molecule has 2 aliphatic rings. The summed E-state index contributed by atoms with van der Waals surface area (Å²) < 4.78 is 5.39. The minimum absolute atomic E-state index is 0.757. The average molecular weight is 257 g/mol. The van der Waals surface area contributed by atoms with Crippen molar-refractivity contribution >= 4 is 0 Å². The zero-order chi connectivity index (χ0) is 14.0. The smallest absolute Gasteiger partial charge is 0.0468 e. The van der Waals surface area contributed by atoms with Gasteiger partial charge in [0.15, 0.2) is 0 Å². The van der Waals surface area contributed by atoms with E-state index >= 15 is 0 Å². The van der Waals surface area contributed by atoms with Crippen molar-refractivity contribution in [2.24, 2.45) is 11.3 Å². The molecule has 1 spiro atoms. The maximum atomic E-state index is 5.39. The molecule has 0 aromatic carbocycles. The summed E-state index contributed by atoms with van der Waals surface area (Å²) in [4.78, 5) is 2.55. The molecule has 2 nitrogen and oxygen atoms in total. The Kier molecular flexibility index (Phi) is 9.76. The third kappa shape index (κ3) is 4.89. The highest BCUT2D eigenvalue weighted by Crippen LogP contribution is 2.52. The molecule has 2 heteroatoms. The van der Waals surface area contributed by atoms with Gasteiger partial charge in [-0.25, -0.2) is 0 Å². The fourth-order valence-corrected chi connectivity index (χ4v) is 3.15. The van der Waals surface area contributed by atoms with Gasteiger partial charge >= 0.3 is 0 Å². The van der Waals surface area contributed by atoms with E-state index in [9.17, 15) is 0 Å². The second-order valence-electron chi connectivity index (χ2n) is 5.06. The van der Waals surface area contributed by atoms with E-state index in [2.05, 4.69) is 18.7 Å². The van der Waals surface area contributed by atoms with Crippen LogP contribution in [0.1, 0.15) is 60.8 Å². The molecule has 0 aromatic heterocycles. The van der Waals surface area contributed by atoms with Gasteiger partial charge < -0.3 is 9.64 Å². The zero-order valence-electron chi connectivity index (χ0n) is 13.6. The van der Waals surface area contributed by atoms with Crippen molar-refractivity contribution < 1.29 is 4.74 Å². The molecule has 0 atom stereocenters. The van der Waals surface area contributed by atoms with Crippen LogP contribution in [0.2, 0.25) is 0 Å². The summed E-state index contributed by atoms with van der Waals surface area (Å²) in [5.74, 6) is 0.973. The van der Waals surface area contributed by atoms with Crippen molar-refractivity contribution in [3.05, 3.63) is 0 Å². The van der Waals surface area contributed by atoms with Gasteiger partial charge in [-0.05, 0) is 44.1 Å². The minimum atomic E-state index is 0.757. The highest BCUT2D eigenvalue weighted by Gasteiger charge is 2.50. The molecule has 2 rings (SSSR count). The fourth-order valence-electron chi connectivity index (χ4n) is 3.15. The van der Waals surface area contributed by atoms with Gasteiger partial charge in [-0.1, -0.05) is 34.6 Å². The predicted octanol–water partition coefficient (Wildman–Crippen LogP) is 4.20. The van der Waals surface area contributed by atoms with Crippen LogP contribution in [0.15, 0.2) is 0 Å². The molecule has 2 fully saturated rings. The molecule has 0 radical (unpaired) electrons. The van der Waals surface area contributed by atoms with E-state index < -0.39 is 0 Å². The maximum Gasteiger partial charge on any atom is 0.0468 e. The van der Waals surface area contributed by atoms with Crippen molar-refractivity contribution in [1.29, 1.82) is 0 Å². The largest absolute Gasteiger partial charge is 0.382 e. The Morgan fingerprint density at radius 1 is 1.06 bits per heavy atom. The van der Waals surface area contributed by atoms with Gasteiger partial charge in [0, 0.05) is 26.3 Å². The Labute approximate surface area is 115 Å². The van der Waals surface area contributed by atoms with E-state index in [1.54, 1.807) is 0 Å². The van der Waals surface area contributed by atoms with Crippen molar-refractivity contribution in [2.45, 2.75) is 60.8 Å². The van der Waals surface area contributed by atoms with Gasteiger partial charge in [0.1, 0.15) is 0 Å². The Bertz CT molecular complexity index is 180. The topological polar surface area (TPSA) is 12.5 Å². The quantitative estimate of drug-likeness (QED) is 0.685. The van der Waals surface area contributed by atoms with Gasteiger partial charge in [-0.3, -0.25) is 0 Å². The number of nitrogens with zero attached hydrogens (tertiary/aromatic N) is 1. The number of hydrogen-bond donors (Lipinski definition) is 0. The normalized spacial score (nSPS) is 21.0. The van der Waals surface area contributed by atoms with Crippen LogP contribution in [0.5, 0.6) is 0 Å². The SMILES string of the molecule is CC.CC.CCOCCC1CC2(C1)CN(CC)C2. The van der Waals surface area contributed by atoms with Crippen LogP contribution >= 0.6 is 0 Å². The lowest BCUT2D eigenvalue weighted by molar-refractivity contribution is -0.0975. The monoisotopic (exact) mass is 257 g/mol. The summed E-state index contributed by atoms with van der Waals surface area (Å²) in [6.07, 6.45) is 4.23. The van der Waals surface area contributed by atoms with E-state index in [0.717, 1.165) is 24.5 Å². The molecule has 1 aliphatic carbocycles. The van der Waals surface area contributed by atoms with Crippen molar-refractivity contribution in [1.82, 2.24) is 4.90 Å². The molecule has 0 N–H and O–H groups in total. The molecule has 0 unspecified atom stereocenters. The Morgan fingerprint density at radius 3 is 2.06 bits per heavy atom. The first kappa shape index (κ1) is 17.9. The molecule has 0 amide bonds. The molecular formula is C16H35NO. The van der Waals surface area contributed by atoms with E-state index in [-0.39, 0.29) is 0 Å².